The zero-order chi connectivity index (χ0) is 12.5. The summed E-state index contributed by atoms with van der Waals surface area (Å²) >= 11 is 6.56. The average molecular weight is 294 g/mol. The number of benzene rings is 1. The molecule has 1 heterocycles. The van der Waals surface area contributed by atoms with Crippen molar-refractivity contribution < 1.29 is 12.8 Å². The van der Waals surface area contributed by atoms with Crippen LogP contribution in [0.15, 0.2) is 34.7 Å². The van der Waals surface area contributed by atoms with E-state index in [2.05, 4.69) is 10.2 Å². The lowest BCUT2D eigenvalue weighted by Gasteiger charge is -2.12. The van der Waals surface area contributed by atoms with E-state index < -0.39 is 20.7 Å². The predicted octanol–water partition coefficient (Wildman–Crippen LogP) is 2.03. The zero-order valence-corrected chi connectivity index (χ0v) is 10.5. The molecule has 0 fully saturated rings. The number of rotatable bonds is 3. The number of hydrogen-bond acceptors (Lipinski definition) is 5. The Morgan fingerprint density at radius 1 is 1.35 bits per heavy atom. The van der Waals surface area contributed by atoms with Gasteiger partial charge in [-0.1, -0.05) is 23.5 Å². The van der Waals surface area contributed by atoms with Gasteiger partial charge in [-0.3, -0.25) is 0 Å². The van der Waals surface area contributed by atoms with Crippen molar-refractivity contribution >= 4 is 38.3 Å². The summed E-state index contributed by atoms with van der Waals surface area (Å²) in [6.45, 7) is 0. The van der Waals surface area contributed by atoms with Crippen molar-refractivity contribution in [2.24, 2.45) is 0 Å². The van der Waals surface area contributed by atoms with Crippen molar-refractivity contribution in [3.63, 3.8) is 0 Å². The van der Waals surface area contributed by atoms with E-state index in [4.69, 9.17) is 11.8 Å². The number of aromatic nitrogens is 2. The van der Waals surface area contributed by atoms with Crippen LogP contribution in [0.1, 0.15) is 0 Å². The summed E-state index contributed by atoms with van der Waals surface area (Å²) in [5.74, 6) is -0.873. The molecule has 1 aromatic carbocycles. The molecule has 0 spiro atoms. The number of sulfonamides is 1. The van der Waals surface area contributed by atoms with Crippen LogP contribution in [0.25, 0.3) is 0 Å². The van der Waals surface area contributed by atoms with Gasteiger partial charge >= 0.3 is 0 Å². The average Bonchev–Trinajstić information content (AvgIpc) is 2.81. The van der Waals surface area contributed by atoms with Gasteiger partial charge in [0.2, 0.25) is 5.13 Å². The second-order valence-electron chi connectivity index (χ2n) is 2.87. The van der Waals surface area contributed by atoms with E-state index in [0.717, 1.165) is 23.5 Å². The van der Waals surface area contributed by atoms with Gasteiger partial charge in [-0.2, -0.15) is 8.42 Å². The first-order valence-corrected chi connectivity index (χ1v) is 6.91. The third kappa shape index (κ3) is 2.24. The van der Waals surface area contributed by atoms with Crippen LogP contribution in [-0.4, -0.2) is 18.6 Å². The zero-order valence-electron chi connectivity index (χ0n) is 8.12. The molecule has 0 saturated heterocycles. The molecule has 0 aliphatic rings. The van der Waals surface area contributed by atoms with E-state index in [9.17, 15) is 12.8 Å². The normalized spacial score (nSPS) is 11.4. The van der Waals surface area contributed by atoms with Gasteiger partial charge in [0.05, 0.1) is 0 Å². The third-order valence-corrected chi connectivity index (χ3v) is 4.90. The Kier molecular flexibility index (Phi) is 3.27. The van der Waals surface area contributed by atoms with Crippen molar-refractivity contribution in [1.82, 2.24) is 10.2 Å². The van der Waals surface area contributed by atoms with Gasteiger partial charge < -0.3 is 0 Å². The summed E-state index contributed by atoms with van der Waals surface area (Å²) in [5, 5.41) is 6.91. The van der Waals surface area contributed by atoms with Crippen LogP contribution in [0, 0.1) is 5.82 Å². The highest BCUT2D eigenvalue weighted by Gasteiger charge is 2.28. The molecule has 0 amide bonds. The Hall–Kier alpha value is -1.25. The molecule has 5 nitrogen and oxygen atoms in total. The number of hydrogen-bond donors (Lipinski definition) is 0. The Morgan fingerprint density at radius 3 is 2.65 bits per heavy atom. The second kappa shape index (κ2) is 4.55. The van der Waals surface area contributed by atoms with Crippen molar-refractivity contribution in [2.75, 3.05) is 3.82 Å². The SMILES string of the molecule is O=S(=O)(c1ccccc1F)N(Cl)c1nncs1. The molecular formula is C8H5ClFN3O2S2. The van der Waals surface area contributed by atoms with Crippen LogP contribution in [0.5, 0.6) is 0 Å². The number of nitrogens with zero attached hydrogens (tertiary/aromatic N) is 3. The van der Waals surface area contributed by atoms with E-state index >= 15 is 0 Å². The summed E-state index contributed by atoms with van der Waals surface area (Å²) < 4.78 is 37.7. The van der Waals surface area contributed by atoms with Gasteiger partial charge in [0.1, 0.15) is 16.2 Å². The summed E-state index contributed by atoms with van der Waals surface area (Å²) in [6.07, 6.45) is 0. The summed E-state index contributed by atoms with van der Waals surface area (Å²) in [7, 11) is -4.16. The maximum atomic E-state index is 13.4. The van der Waals surface area contributed by atoms with Gasteiger partial charge in [0.25, 0.3) is 10.0 Å². The molecule has 0 bridgehead atoms. The minimum atomic E-state index is -4.16. The molecule has 0 aliphatic heterocycles. The first-order valence-electron chi connectivity index (χ1n) is 4.25. The largest absolute Gasteiger partial charge is 0.283 e. The van der Waals surface area contributed by atoms with Crippen LogP contribution < -0.4 is 3.82 Å². The molecule has 0 aliphatic carbocycles. The van der Waals surface area contributed by atoms with Gasteiger partial charge in [0.15, 0.2) is 0 Å². The Labute approximate surface area is 106 Å². The van der Waals surface area contributed by atoms with Crippen molar-refractivity contribution in [2.45, 2.75) is 4.90 Å². The molecule has 9 heteroatoms. The molecule has 0 radical (unpaired) electrons. The molecule has 90 valence electrons. The first-order chi connectivity index (χ1) is 8.03. The minimum absolute atomic E-state index is 0.0464. The summed E-state index contributed by atoms with van der Waals surface area (Å²) in [5.41, 5.74) is 1.32. The highest BCUT2D eigenvalue weighted by molar-refractivity contribution is 7.94. The van der Waals surface area contributed by atoms with E-state index in [1.165, 1.54) is 17.6 Å². The summed E-state index contributed by atoms with van der Waals surface area (Å²) in [4.78, 5) is -0.509. The summed E-state index contributed by atoms with van der Waals surface area (Å²) in [6, 6.07) is 4.96. The van der Waals surface area contributed by atoms with Gasteiger partial charge in [-0.05, 0) is 12.1 Å². The fraction of sp³-hybridized carbons (Fsp3) is 0. The molecule has 1 aromatic heterocycles. The van der Waals surface area contributed by atoms with E-state index in [1.54, 1.807) is 0 Å². The van der Waals surface area contributed by atoms with Crippen molar-refractivity contribution in [3.8, 4) is 0 Å². The maximum Gasteiger partial charge on any atom is 0.283 e. The smallest absolute Gasteiger partial charge is 0.205 e. The standard InChI is InChI=1S/C8H5ClFN3O2S2/c9-13(8-12-11-5-16-8)17(14,15)7-4-2-1-3-6(7)10/h1-5H. The van der Waals surface area contributed by atoms with Crippen molar-refractivity contribution in [1.29, 1.82) is 0 Å². The van der Waals surface area contributed by atoms with Crippen LogP contribution in [0.4, 0.5) is 9.52 Å². The van der Waals surface area contributed by atoms with Gasteiger partial charge in [0, 0.05) is 11.8 Å². The molecule has 0 unspecified atom stereocenters. The quantitative estimate of drug-likeness (QED) is 0.812. The van der Waals surface area contributed by atoms with E-state index in [-0.39, 0.29) is 5.13 Å². The Morgan fingerprint density at radius 2 is 2.06 bits per heavy atom. The van der Waals surface area contributed by atoms with E-state index in [1.807, 2.05) is 0 Å². The topological polar surface area (TPSA) is 63.2 Å². The lowest BCUT2D eigenvalue weighted by atomic mass is 10.4. The highest BCUT2D eigenvalue weighted by atomic mass is 35.5. The molecule has 0 saturated carbocycles. The van der Waals surface area contributed by atoms with Crippen LogP contribution in [0.3, 0.4) is 0 Å². The lowest BCUT2D eigenvalue weighted by molar-refractivity contribution is 0.568. The van der Waals surface area contributed by atoms with E-state index in [0.29, 0.717) is 3.82 Å². The molecule has 2 rings (SSSR count). The monoisotopic (exact) mass is 293 g/mol. The van der Waals surface area contributed by atoms with Crippen LogP contribution in [0.2, 0.25) is 0 Å². The molecule has 17 heavy (non-hydrogen) atoms. The predicted molar refractivity (Wildman–Crippen MR) is 61.8 cm³/mol. The van der Waals surface area contributed by atoms with Crippen LogP contribution >= 0.6 is 23.1 Å². The number of anilines is 1. The lowest BCUT2D eigenvalue weighted by Crippen LogP contribution is -2.22. The van der Waals surface area contributed by atoms with Crippen molar-refractivity contribution in [3.05, 3.63) is 35.6 Å². The third-order valence-electron chi connectivity index (χ3n) is 1.82. The first kappa shape index (κ1) is 12.2. The molecule has 2 aromatic rings. The minimum Gasteiger partial charge on any atom is -0.205 e. The molecule has 0 N–H and O–H groups in total. The number of halogens is 2. The Balaban J connectivity index is 2.48. The maximum absolute atomic E-state index is 13.4. The van der Waals surface area contributed by atoms with Crippen LogP contribution in [-0.2, 0) is 10.0 Å². The molecule has 0 atom stereocenters. The second-order valence-corrected chi connectivity index (χ2v) is 5.98. The fourth-order valence-electron chi connectivity index (χ4n) is 1.09. The van der Waals surface area contributed by atoms with Gasteiger partial charge in [-0.15, -0.1) is 14.0 Å². The molecular weight excluding hydrogens is 289 g/mol. The van der Waals surface area contributed by atoms with Gasteiger partial charge in [-0.25, -0.2) is 4.39 Å². The Bertz CT molecular complexity index is 617. The highest BCUT2D eigenvalue weighted by Crippen LogP contribution is 2.27. The fourth-order valence-corrected chi connectivity index (χ4v) is 3.23.